The van der Waals surface area contributed by atoms with E-state index in [2.05, 4.69) is 52.0 Å². The molecule has 0 saturated heterocycles. The third-order valence-electron chi connectivity index (χ3n) is 7.14. The number of allylic oxidation sites excluding steroid dienone is 2. The topological polar surface area (TPSA) is 0 Å². The van der Waals surface area contributed by atoms with Gasteiger partial charge in [-0.1, -0.05) is 24.3 Å². The molecule has 2 fully saturated rings. The molecule has 132 valence electrons. The van der Waals surface area contributed by atoms with Crippen molar-refractivity contribution in [2.24, 2.45) is 17.8 Å². The van der Waals surface area contributed by atoms with Crippen LogP contribution < -0.4 is 0 Å². The Hall–Kier alpha value is -1.04. The van der Waals surface area contributed by atoms with Gasteiger partial charge in [0.25, 0.3) is 0 Å². The Morgan fingerprint density at radius 1 is 0.750 bits per heavy atom. The average molecular weight is 325 g/mol. The van der Waals surface area contributed by atoms with Crippen LogP contribution in [-0.2, 0) is 0 Å². The van der Waals surface area contributed by atoms with Gasteiger partial charge in [0.15, 0.2) is 0 Å². The van der Waals surface area contributed by atoms with E-state index in [1.54, 1.807) is 5.56 Å². The van der Waals surface area contributed by atoms with Crippen LogP contribution in [0.1, 0.15) is 86.5 Å². The molecule has 0 amide bonds. The van der Waals surface area contributed by atoms with Gasteiger partial charge in [-0.05, 0) is 125 Å². The molecule has 2 aliphatic carbocycles. The Morgan fingerprint density at radius 3 is 1.75 bits per heavy atom. The SMILES string of the molecule is C/C=C/C1CCC(C2CCC(c3cc(C)c(C)c(C)c3)CC2)CC1. The third kappa shape index (κ3) is 3.95. The second-order valence-electron chi connectivity index (χ2n) is 8.59. The van der Waals surface area contributed by atoms with E-state index in [1.807, 2.05) is 0 Å². The fourth-order valence-corrected chi connectivity index (χ4v) is 5.31. The minimum absolute atomic E-state index is 0.818. The summed E-state index contributed by atoms with van der Waals surface area (Å²) in [6.07, 6.45) is 16.3. The van der Waals surface area contributed by atoms with Crippen molar-refractivity contribution in [1.29, 1.82) is 0 Å². The van der Waals surface area contributed by atoms with Crippen LogP contribution in [-0.4, -0.2) is 0 Å². The predicted octanol–water partition coefficient (Wildman–Crippen LogP) is 7.27. The van der Waals surface area contributed by atoms with E-state index < -0.39 is 0 Å². The Bertz CT molecular complexity index is 541. The van der Waals surface area contributed by atoms with E-state index in [-0.39, 0.29) is 0 Å². The molecule has 2 aliphatic rings. The van der Waals surface area contributed by atoms with Crippen LogP contribution in [0.5, 0.6) is 0 Å². The van der Waals surface area contributed by atoms with Crippen molar-refractivity contribution in [2.75, 3.05) is 0 Å². The fraction of sp³-hybridized carbons (Fsp3) is 0.667. The first kappa shape index (κ1) is 17.8. The molecule has 0 bridgehead atoms. The highest BCUT2D eigenvalue weighted by Gasteiger charge is 2.30. The highest BCUT2D eigenvalue weighted by atomic mass is 14.4. The molecule has 0 nitrogen and oxygen atoms in total. The van der Waals surface area contributed by atoms with Gasteiger partial charge in [0.1, 0.15) is 0 Å². The Morgan fingerprint density at radius 2 is 1.25 bits per heavy atom. The molecule has 2 saturated carbocycles. The van der Waals surface area contributed by atoms with Gasteiger partial charge in [-0.3, -0.25) is 0 Å². The number of benzene rings is 1. The summed E-state index contributed by atoms with van der Waals surface area (Å²) in [5.74, 6) is 3.73. The van der Waals surface area contributed by atoms with Gasteiger partial charge in [0, 0.05) is 0 Å². The summed E-state index contributed by atoms with van der Waals surface area (Å²) in [7, 11) is 0. The van der Waals surface area contributed by atoms with Gasteiger partial charge in [-0.25, -0.2) is 0 Å². The molecule has 1 aromatic rings. The molecule has 24 heavy (non-hydrogen) atoms. The molecule has 0 heterocycles. The minimum atomic E-state index is 0.818. The van der Waals surface area contributed by atoms with Crippen molar-refractivity contribution in [3.63, 3.8) is 0 Å². The lowest BCUT2D eigenvalue weighted by Gasteiger charge is -2.37. The zero-order valence-corrected chi connectivity index (χ0v) is 16.3. The monoisotopic (exact) mass is 324 g/mol. The fourth-order valence-electron chi connectivity index (χ4n) is 5.31. The maximum absolute atomic E-state index is 2.47. The van der Waals surface area contributed by atoms with Crippen molar-refractivity contribution < 1.29 is 0 Å². The molecule has 0 aliphatic heterocycles. The normalized spacial score (nSPS) is 31.5. The van der Waals surface area contributed by atoms with Crippen LogP contribution in [0.15, 0.2) is 24.3 Å². The van der Waals surface area contributed by atoms with Crippen LogP contribution >= 0.6 is 0 Å². The Kier molecular flexibility index (Phi) is 5.85. The summed E-state index contributed by atoms with van der Waals surface area (Å²) in [5.41, 5.74) is 6.06. The maximum Gasteiger partial charge on any atom is -0.0162 e. The standard InChI is InChI=1S/C24H36/c1-5-6-20-7-9-21(10-8-20)22-11-13-23(14-12-22)24-15-17(2)19(4)18(3)16-24/h5-6,15-16,20-23H,7-14H2,1-4H3/b6-5+. The zero-order chi connectivity index (χ0) is 17.1. The third-order valence-corrected chi connectivity index (χ3v) is 7.14. The summed E-state index contributed by atoms with van der Waals surface area (Å²) in [6, 6.07) is 4.94. The van der Waals surface area contributed by atoms with Crippen LogP contribution in [0.4, 0.5) is 0 Å². The van der Waals surface area contributed by atoms with E-state index in [0.717, 1.165) is 23.7 Å². The van der Waals surface area contributed by atoms with E-state index >= 15 is 0 Å². The first-order valence-corrected chi connectivity index (χ1v) is 10.3. The molecule has 0 heteroatoms. The van der Waals surface area contributed by atoms with Crippen molar-refractivity contribution in [3.8, 4) is 0 Å². The van der Waals surface area contributed by atoms with Crippen LogP contribution in [0.25, 0.3) is 0 Å². The number of aryl methyl sites for hydroxylation is 2. The highest BCUT2D eigenvalue weighted by molar-refractivity contribution is 5.38. The van der Waals surface area contributed by atoms with Crippen molar-refractivity contribution >= 4 is 0 Å². The quantitative estimate of drug-likeness (QED) is 0.513. The summed E-state index contributed by atoms with van der Waals surface area (Å²) in [4.78, 5) is 0. The smallest absolute Gasteiger partial charge is 0.0162 e. The summed E-state index contributed by atoms with van der Waals surface area (Å²) < 4.78 is 0. The highest BCUT2D eigenvalue weighted by Crippen LogP contribution is 2.44. The molecule has 0 radical (unpaired) electrons. The van der Waals surface area contributed by atoms with E-state index in [9.17, 15) is 0 Å². The maximum atomic E-state index is 2.47. The number of hydrogen-bond acceptors (Lipinski definition) is 0. The number of rotatable bonds is 3. The molecule has 0 aromatic heterocycles. The lowest BCUT2D eigenvalue weighted by molar-refractivity contribution is 0.171. The molecular formula is C24H36. The van der Waals surface area contributed by atoms with E-state index in [4.69, 9.17) is 0 Å². The molecule has 0 unspecified atom stereocenters. The van der Waals surface area contributed by atoms with E-state index in [1.165, 1.54) is 68.1 Å². The van der Waals surface area contributed by atoms with Crippen molar-refractivity contribution in [1.82, 2.24) is 0 Å². The first-order chi connectivity index (χ1) is 11.6. The molecule has 0 atom stereocenters. The lowest BCUT2D eigenvalue weighted by Crippen LogP contribution is -2.25. The van der Waals surface area contributed by atoms with Gasteiger partial charge in [0.2, 0.25) is 0 Å². The average Bonchev–Trinajstić information content (AvgIpc) is 2.60. The first-order valence-electron chi connectivity index (χ1n) is 10.3. The summed E-state index contributed by atoms with van der Waals surface area (Å²) >= 11 is 0. The molecule has 3 rings (SSSR count). The molecular weight excluding hydrogens is 288 g/mol. The van der Waals surface area contributed by atoms with Gasteiger partial charge < -0.3 is 0 Å². The molecule has 0 spiro atoms. The zero-order valence-electron chi connectivity index (χ0n) is 16.3. The van der Waals surface area contributed by atoms with E-state index in [0.29, 0.717) is 0 Å². The van der Waals surface area contributed by atoms with Crippen molar-refractivity contribution in [3.05, 3.63) is 46.5 Å². The Balaban J connectivity index is 1.55. The van der Waals surface area contributed by atoms with Crippen LogP contribution in [0, 0.1) is 38.5 Å². The summed E-state index contributed by atoms with van der Waals surface area (Å²) in [5, 5.41) is 0. The van der Waals surface area contributed by atoms with Crippen LogP contribution in [0.2, 0.25) is 0 Å². The second-order valence-corrected chi connectivity index (χ2v) is 8.59. The Labute approximate surface area is 149 Å². The predicted molar refractivity (Wildman–Crippen MR) is 106 cm³/mol. The van der Waals surface area contributed by atoms with Crippen molar-refractivity contribution in [2.45, 2.75) is 85.0 Å². The molecule has 0 N–H and O–H groups in total. The second kappa shape index (κ2) is 7.89. The summed E-state index contributed by atoms with van der Waals surface area (Å²) in [6.45, 7) is 8.98. The minimum Gasteiger partial charge on any atom is -0.0914 e. The molecule has 1 aromatic carbocycles. The van der Waals surface area contributed by atoms with Gasteiger partial charge >= 0.3 is 0 Å². The number of hydrogen-bond donors (Lipinski definition) is 0. The lowest BCUT2D eigenvalue weighted by atomic mass is 9.68. The largest absolute Gasteiger partial charge is 0.0914 e. The van der Waals surface area contributed by atoms with Gasteiger partial charge in [-0.2, -0.15) is 0 Å². The van der Waals surface area contributed by atoms with Gasteiger partial charge in [0.05, 0.1) is 0 Å². The van der Waals surface area contributed by atoms with Gasteiger partial charge in [-0.15, -0.1) is 0 Å². The van der Waals surface area contributed by atoms with Crippen LogP contribution in [0.3, 0.4) is 0 Å².